The van der Waals surface area contributed by atoms with Crippen LogP contribution < -0.4 is 5.32 Å². The molecule has 0 spiro atoms. The Balaban J connectivity index is 2.23. The molecule has 1 N–H and O–H groups in total. The first-order valence-electron chi connectivity index (χ1n) is 4.59. The Hall–Kier alpha value is -0.640. The Bertz CT molecular complexity index is 419. The molecule has 0 saturated heterocycles. The number of nitrogens with one attached hydrogen (secondary N) is 1. The van der Waals surface area contributed by atoms with E-state index < -0.39 is 11.6 Å². The number of fused-ring (bicyclic) bond motifs is 3. The SMILES string of the molecule is Fc1cc2c(c(F)c1Br)C1CC1CN2. The molecular weight excluding hydrogens is 252 g/mol. The minimum Gasteiger partial charge on any atom is -0.384 e. The number of halogens is 3. The van der Waals surface area contributed by atoms with E-state index in [-0.39, 0.29) is 4.47 Å². The maximum atomic E-state index is 13.7. The van der Waals surface area contributed by atoms with Crippen LogP contribution in [0.3, 0.4) is 0 Å². The van der Waals surface area contributed by atoms with Crippen LogP contribution in [0.1, 0.15) is 17.9 Å². The number of rotatable bonds is 0. The normalized spacial score (nSPS) is 27.6. The zero-order chi connectivity index (χ0) is 9.87. The summed E-state index contributed by atoms with van der Waals surface area (Å²) in [5.74, 6) is -0.106. The highest BCUT2D eigenvalue weighted by atomic mass is 79.9. The molecule has 0 bridgehead atoms. The van der Waals surface area contributed by atoms with Gasteiger partial charge in [-0.25, -0.2) is 8.78 Å². The summed E-state index contributed by atoms with van der Waals surface area (Å²) in [6.07, 6.45) is 1.02. The second-order valence-corrected chi connectivity index (χ2v) is 4.72. The van der Waals surface area contributed by atoms with E-state index in [1.54, 1.807) is 0 Å². The third-order valence-corrected chi connectivity index (χ3v) is 3.78. The van der Waals surface area contributed by atoms with Gasteiger partial charge in [0.25, 0.3) is 0 Å². The molecule has 2 aliphatic rings. The summed E-state index contributed by atoms with van der Waals surface area (Å²) in [6, 6.07) is 1.37. The van der Waals surface area contributed by atoms with Gasteiger partial charge in [0.05, 0.1) is 4.47 Å². The molecule has 0 amide bonds. The highest BCUT2D eigenvalue weighted by molar-refractivity contribution is 9.10. The van der Waals surface area contributed by atoms with Gasteiger partial charge in [-0.1, -0.05) is 0 Å². The van der Waals surface area contributed by atoms with E-state index in [9.17, 15) is 8.78 Å². The van der Waals surface area contributed by atoms with Crippen LogP contribution in [0, 0.1) is 17.6 Å². The molecule has 74 valence electrons. The average molecular weight is 260 g/mol. The van der Waals surface area contributed by atoms with Gasteiger partial charge in [-0.2, -0.15) is 0 Å². The van der Waals surface area contributed by atoms with E-state index in [0.29, 0.717) is 23.1 Å². The van der Waals surface area contributed by atoms with Crippen molar-refractivity contribution in [3.63, 3.8) is 0 Å². The van der Waals surface area contributed by atoms with Gasteiger partial charge in [-0.15, -0.1) is 0 Å². The monoisotopic (exact) mass is 259 g/mol. The Morgan fingerprint density at radius 1 is 1.43 bits per heavy atom. The summed E-state index contributed by atoms with van der Waals surface area (Å²) >= 11 is 2.93. The summed E-state index contributed by atoms with van der Waals surface area (Å²) in [5.41, 5.74) is 1.29. The molecule has 1 saturated carbocycles. The van der Waals surface area contributed by atoms with Crippen molar-refractivity contribution in [1.29, 1.82) is 0 Å². The Morgan fingerprint density at radius 2 is 2.21 bits per heavy atom. The van der Waals surface area contributed by atoms with Gasteiger partial charge >= 0.3 is 0 Å². The lowest BCUT2D eigenvalue weighted by atomic mass is 10.0. The molecule has 1 heterocycles. The molecule has 4 heteroatoms. The van der Waals surface area contributed by atoms with Gasteiger partial charge in [0.15, 0.2) is 0 Å². The van der Waals surface area contributed by atoms with E-state index in [0.717, 1.165) is 13.0 Å². The second kappa shape index (κ2) is 2.69. The van der Waals surface area contributed by atoms with Crippen molar-refractivity contribution in [2.45, 2.75) is 12.3 Å². The van der Waals surface area contributed by atoms with Crippen molar-refractivity contribution in [1.82, 2.24) is 0 Å². The van der Waals surface area contributed by atoms with Gasteiger partial charge in [-0.05, 0) is 40.3 Å². The predicted octanol–water partition coefficient (Wildman–Crippen LogP) is 3.26. The summed E-state index contributed by atoms with van der Waals surface area (Å²) < 4.78 is 26.8. The van der Waals surface area contributed by atoms with Crippen molar-refractivity contribution < 1.29 is 8.78 Å². The number of hydrogen-bond acceptors (Lipinski definition) is 1. The minimum atomic E-state index is -0.534. The first-order chi connectivity index (χ1) is 6.68. The molecule has 0 aromatic heterocycles. The van der Waals surface area contributed by atoms with Crippen LogP contribution in [-0.2, 0) is 0 Å². The fourth-order valence-corrected chi connectivity index (χ4v) is 2.51. The molecular formula is C10H8BrF2N. The number of benzene rings is 1. The van der Waals surface area contributed by atoms with Crippen LogP contribution in [0.2, 0.25) is 0 Å². The quantitative estimate of drug-likeness (QED) is 0.706. The molecule has 1 aliphatic carbocycles. The summed E-state index contributed by atoms with van der Waals surface area (Å²) in [4.78, 5) is 0. The minimum absolute atomic E-state index is 0.0365. The van der Waals surface area contributed by atoms with Crippen molar-refractivity contribution in [2.75, 3.05) is 11.9 Å². The van der Waals surface area contributed by atoms with E-state index in [1.807, 2.05) is 0 Å². The Labute approximate surface area is 88.6 Å². The summed E-state index contributed by atoms with van der Waals surface area (Å²) in [6.45, 7) is 0.845. The van der Waals surface area contributed by atoms with Gasteiger partial charge < -0.3 is 5.32 Å². The Morgan fingerprint density at radius 3 is 3.00 bits per heavy atom. The van der Waals surface area contributed by atoms with E-state index >= 15 is 0 Å². The Kier molecular flexibility index (Phi) is 1.66. The number of hydrogen-bond donors (Lipinski definition) is 1. The van der Waals surface area contributed by atoms with Crippen molar-refractivity contribution in [3.8, 4) is 0 Å². The van der Waals surface area contributed by atoms with Crippen molar-refractivity contribution in [3.05, 3.63) is 27.7 Å². The van der Waals surface area contributed by atoms with E-state index in [2.05, 4.69) is 21.2 Å². The highest BCUT2D eigenvalue weighted by Gasteiger charge is 2.44. The fourth-order valence-electron chi connectivity index (χ4n) is 2.19. The number of anilines is 1. The first-order valence-corrected chi connectivity index (χ1v) is 5.39. The van der Waals surface area contributed by atoms with E-state index in [1.165, 1.54) is 6.07 Å². The topological polar surface area (TPSA) is 12.0 Å². The van der Waals surface area contributed by atoms with Crippen LogP contribution in [0.15, 0.2) is 10.5 Å². The van der Waals surface area contributed by atoms with Crippen LogP contribution >= 0.6 is 15.9 Å². The fraction of sp³-hybridized carbons (Fsp3) is 0.400. The van der Waals surface area contributed by atoms with Crippen molar-refractivity contribution >= 4 is 21.6 Å². The van der Waals surface area contributed by atoms with E-state index in [4.69, 9.17) is 0 Å². The van der Waals surface area contributed by atoms with Crippen molar-refractivity contribution in [2.24, 2.45) is 5.92 Å². The third-order valence-electron chi connectivity index (χ3n) is 3.05. The zero-order valence-electron chi connectivity index (χ0n) is 7.28. The standard InChI is InChI=1S/C10H8BrF2N/c11-9-6(12)2-7-8(10(9)13)5-1-4(5)3-14-7/h2,4-5,14H,1,3H2. The molecule has 1 fully saturated rings. The molecule has 2 atom stereocenters. The summed E-state index contributed by atoms with van der Waals surface area (Å²) in [5, 5.41) is 3.06. The van der Waals surface area contributed by atoms with Gasteiger partial charge in [0, 0.05) is 17.8 Å². The molecule has 1 aromatic carbocycles. The molecule has 1 aromatic rings. The van der Waals surface area contributed by atoms with Crippen LogP contribution in [0.25, 0.3) is 0 Å². The molecule has 1 aliphatic heterocycles. The molecule has 3 rings (SSSR count). The first kappa shape index (κ1) is 8.65. The lowest BCUT2D eigenvalue weighted by Gasteiger charge is -2.18. The average Bonchev–Trinajstić information content (AvgIpc) is 2.92. The van der Waals surface area contributed by atoms with Crippen LogP contribution in [0.4, 0.5) is 14.5 Å². The zero-order valence-corrected chi connectivity index (χ0v) is 8.87. The van der Waals surface area contributed by atoms with Gasteiger partial charge in [-0.3, -0.25) is 0 Å². The lowest BCUT2D eigenvalue weighted by Crippen LogP contribution is -2.14. The van der Waals surface area contributed by atoms with Crippen LogP contribution in [-0.4, -0.2) is 6.54 Å². The largest absolute Gasteiger partial charge is 0.384 e. The van der Waals surface area contributed by atoms with Gasteiger partial charge in [0.1, 0.15) is 11.6 Å². The highest BCUT2D eigenvalue weighted by Crippen LogP contribution is 2.54. The predicted molar refractivity (Wildman–Crippen MR) is 53.4 cm³/mol. The third kappa shape index (κ3) is 1.03. The molecule has 0 radical (unpaired) electrons. The van der Waals surface area contributed by atoms with Gasteiger partial charge in [0.2, 0.25) is 0 Å². The molecule has 2 unspecified atom stereocenters. The maximum Gasteiger partial charge on any atom is 0.145 e. The second-order valence-electron chi connectivity index (χ2n) is 3.93. The molecule has 1 nitrogen and oxygen atoms in total. The smallest absolute Gasteiger partial charge is 0.145 e. The summed E-state index contributed by atoms with van der Waals surface area (Å²) in [7, 11) is 0. The maximum absolute atomic E-state index is 13.7. The van der Waals surface area contributed by atoms with Crippen LogP contribution in [0.5, 0.6) is 0 Å². The lowest BCUT2D eigenvalue weighted by molar-refractivity contribution is 0.557. The molecule has 14 heavy (non-hydrogen) atoms.